The summed E-state index contributed by atoms with van der Waals surface area (Å²) in [6.45, 7) is 13.6. The number of pyridine rings is 1. The Morgan fingerprint density at radius 1 is 0.933 bits per heavy atom. The molecule has 4 rings (SSSR count). The van der Waals surface area contributed by atoms with Gasteiger partial charge in [-0.2, -0.15) is 0 Å². The van der Waals surface area contributed by atoms with E-state index in [2.05, 4.69) is 78.9 Å². The molecule has 2 saturated heterocycles. The maximum absolute atomic E-state index is 4.83. The highest BCUT2D eigenvalue weighted by molar-refractivity contribution is 5.52. The van der Waals surface area contributed by atoms with Crippen LogP contribution in [0.1, 0.15) is 44.9 Å². The minimum atomic E-state index is 0.210. The summed E-state index contributed by atoms with van der Waals surface area (Å²) in [5, 5.41) is 0. The minimum absolute atomic E-state index is 0.210. The van der Waals surface area contributed by atoms with E-state index in [0.29, 0.717) is 5.92 Å². The Kier molecular flexibility index (Phi) is 6.33. The van der Waals surface area contributed by atoms with Gasteiger partial charge >= 0.3 is 0 Å². The van der Waals surface area contributed by atoms with Crippen LogP contribution in [0.3, 0.4) is 0 Å². The lowest BCUT2D eigenvalue weighted by Crippen LogP contribution is -2.45. The fraction of sp³-hybridized carbons (Fsp3) is 0.577. The lowest BCUT2D eigenvalue weighted by atomic mass is 9.87. The summed E-state index contributed by atoms with van der Waals surface area (Å²) in [4.78, 5) is 12.4. The Labute approximate surface area is 182 Å². The summed E-state index contributed by atoms with van der Waals surface area (Å²) in [6, 6.07) is 13.6. The molecule has 162 valence electrons. The van der Waals surface area contributed by atoms with Crippen molar-refractivity contribution in [1.82, 2.24) is 9.88 Å². The number of hydrogen-bond acceptors (Lipinski definition) is 4. The van der Waals surface area contributed by atoms with Gasteiger partial charge in [-0.25, -0.2) is 0 Å². The predicted octanol–water partition coefficient (Wildman–Crippen LogP) is 4.59. The van der Waals surface area contributed by atoms with E-state index < -0.39 is 0 Å². The number of nitrogens with zero attached hydrogens (tertiary/aromatic N) is 4. The third-order valence-corrected chi connectivity index (χ3v) is 6.81. The van der Waals surface area contributed by atoms with Gasteiger partial charge in [-0.1, -0.05) is 32.9 Å². The number of likely N-dealkylation sites (N-methyl/N-ethyl adjacent to an activating group) is 1. The van der Waals surface area contributed by atoms with E-state index in [0.717, 1.165) is 39.1 Å². The standard InChI is InChI=1S/C26H38N4/c1-26(2,3)22-9-11-23(12-10-22)30-14-6-7-21(20-30)19-24-25(8-5-13-27-24)29-17-15-28(4)16-18-29/h5,8-13,21H,6-7,14-20H2,1-4H3. The van der Waals surface area contributed by atoms with Gasteiger partial charge in [0.1, 0.15) is 0 Å². The molecule has 1 aromatic carbocycles. The van der Waals surface area contributed by atoms with E-state index in [-0.39, 0.29) is 5.41 Å². The molecule has 2 aliphatic heterocycles. The molecule has 2 aromatic rings. The fourth-order valence-corrected chi connectivity index (χ4v) is 4.83. The molecule has 1 unspecified atom stereocenters. The summed E-state index contributed by atoms with van der Waals surface area (Å²) in [6.07, 6.45) is 5.62. The summed E-state index contributed by atoms with van der Waals surface area (Å²) >= 11 is 0. The summed E-state index contributed by atoms with van der Waals surface area (Å²) in [7, 11) is 2.21. The van der Waals surface area contributed by atoms with E-state index in [9.17, 15) is 0 Å². The van der Waals surface area contributed by atoms with Gasteiger partial charge in [0.25, 0.3) is 0 Å². The molecule has 0 bridgehead atoms. The highest BCUT2D eigenvalue weighted by Gasteiger charge is 2.24. The van der Waals surface area contributed by atoms with Crippen molar-refractivity contribution in [2.45, 2.75) is 45.4 Å². The van der Waals surface area contributed by atoms with Gasteiger partial charge in [0.15, 0.2) is 0 Å². The Balaban J connectivity index is 1.44. The zero-order valence-corrected chi connectivity index (χ0v) is 19.3. The maximum Gasteiger partial charge on any atom is 0.0640 e. The van der Waals surface area contributed by atoms with Gasteiger partial charge in [0.05, 0.1) is 11.4 Å². The third-order valence-electron chi connectivity index (χ3n) is 6.81. The molecule has 0 amide bonds. The number of anilines is 2. The molecule has 0 N–H and O–H groups in total. The predicted molar refractivity (Wildman–Crippen MR) is 128 cm³/mol. The highest BCUT2D eigenvalue weighted by atomic mass is 15.3. The summed E-state index contributed by atoms with van der Waals surface area (Å²) in [5.74, 6) is 0.669. The molecule has 0 aliphatic carbocycles. The van der Waals surface area contributed by atoms with Crippen LogP contribution in [-0.4, -0.2) is 56.2 Å². The van der Waals surface area contributed by atoms with Crippen LogP contribution < -0.4 is 9.80 Å². The van der Waals surface area contributed by atoms with Crippen LogP contribution in [0.4, 0.5) is 11.4 Å². The Hall–Kier alpha value is -2.07. The third kappa shape index (κ3) is 4.97. The second kappa shape index (κ2) is 8.97. The van der Waals surface area contributed by atoms with Crippen molar-refractivity contribution in [2.24, 2.45) is 5.92 Å². The number of hydrogen-bond donors (Lipinski definition) is 0. The van der Waals surface area contributed by atoms with Crippen LogP contribution in [0, 0.1) is 5.92 Å². The minimum Gasteiger partial charge on any atom is -0.371 e. The molecule has 3 heterocycles. The smallest absolute Gasteiger partial charge is 0.0640 e. The van der Waals surface area contributed by atoms with Crippen molar-refractivity contribution in [1.29, 1.82) is 0 Å². The van der Waals surface area contributed by atoms with Crippen molar-refractivity contribution in [3.8, 4) is 0 Å². The molecule has 4 heteroatoms. The molecule has 0 saturated carbocycles. The van der Waals surface area contributed by atoms with Crippen molar-refractivity contribution in [3.05, 3.63) is 53.9 Å². The maximum atomic E-state index is 4.83. The topological polar surface area (TPSA) is 22.6 Å². The number of piperidine rings is 1. The summed E-state index contributed by atoms with van der Waals surface area (Å²) in [5.41, 5.74) is 5.63. The van der Waals surface area contributed by atoms with E-state index in [1.54, 1.807) is 0 Å². The van der Waals surface area contributed by atoms with Gasteiger partial charge in [-0.15, -0.1) is 0 Å². The average molecular weight is 407 g/mol. The molecule has 0 spiro atoms. The highest BCUT2D eigenvalue weighted by Crippen LogP contribution is 2.30. The zero-order chi connectivity index (χ0) is 21.1. The molecule has 2 aliphatic rings. The van der Waals surface area contributed by atoms with Gasteiger partial charge < -0.3 is 14.7 Å². The molecule has 30 heavy (non-hydrogen) atoms. The van der Waals surface area contributed by atoms with Crippen molar-refractivity contribution < 1.29 is 0 Å². The Morgan fingerprint density at radius 3 is 2.37 bits per heavy atom. The quantitative estimate of drug-likeness (QED) is 0.741. The van der Waals surface area contributed by atoms with Crippen LogP contribution in [0.25, 0.3) is 0 Å². The number of benzene rings is 1. The van der Waals surface area contributed by atoms with Crippen LogP contribution in [0.5, 0.6) is 0 Å². The van der Waals surface area contributed by atoms with E-state index in [1.807, 2.05) is 6.20 Å². The van der Waals surface area contributed by atoms with Crippen molar-refractivity contribution >= 4 is 11.4 Å². The van der Waals surface area contributed by atoms with Crippen molar-refractivity contribution in [3.63, 3.8) is 0 Å². The average Bonchev–Trinajstić information content (AvgIpc) is 2.75. The lowest BCUT2D eigenvalue weighted by molar-refractivity contribution is 0.312. The molecule has 0 radical (unpaired) electrons. The van der Waals surface area contributed by atoms with Crippen molar-refractivity contribution in [2.75, 3.05) is 56.1 Å². The van der Waals surface area contributed by atoms with Crippen LogP contribution in [0.15, 0.2) is 42.6 Å². The SMILES string of the molecule is CN1CCN(c2cccnc2CC2CCCN(c3ccc(C(C)(C)C)cc3)C2)CC1. The first-order valence-corrected chi connectivity index (χ1v) is 11.6. The molecular formula is C26H38N4. The molecule has 2 fully saturated rings. The van der Waals surface area contributed by atoms with Crippen LogP contribution >= 0.6 is 0 Å². The van der Waals surface area contributed by atoms with E-state index in [1.165, 1.54) is 42.0 Å². The molecule has 1 aromatic heterocycles. The lowest BCUT2D eigenvalue weighted by Gasteiger charge is -2.37. The van der Waals surface area contributed by atoms with Gasteiger partial charge in [-0.05, 0) is 67.5 Å². The van der Waals surface area contributed by atoms with Crippen LogP contribution in [0.2, 0.25) is 0 Å². The first-order valence-electron chi connectivity index (χ1n) is 11.6. The molecule has 1 atom stereocenters. The van der Waals surface area contributed by atoms with E-state index in [4.69, 9.17) is 4.98 Å². The van der Waals surface area contributed by atoms with Gasteiger partial charge in [-0.3, -0.25) is 4.98 Å². The first kappa shape index (κ1) is 21.2. The van der Waals surface area contributed by atoms with Gasteiger partial charge in [0, 0.05) is 51.2 Å². The second-order valence-electron chi connectivity index (χ2n) is 10.2. The monoisotopic (exact) mass is 406 g/mol. The molecule has 4 nitrogen and oxygen atoms in total. The zero-order valence-electron chi connectivity index (χ0n) is 19.3. The molecular weight excluding hydrogens is 368 g/mol. The Morgan fingerprint density at radius 2 is 1.67 bits per heavy atom. The number of aromatic nitrogens is 1. The number of rotatable bonds is 4. The van der Waals surface area contributed by atoms with E-state index >= 15 is 0 Å². The second-order valence-corrected chi connectivity index (χ2v) is 10.2. The first-order chi connectivity index (χ1) is 14.4. The summed E-state index contributed by atoms with van der Waals surface area (Å²) < 4.78 is 0. The largest absolute Gasteiger partial charge is 0.371 e. The number of piperazine rings is 1. The van der Waals surface area contributed by atoms with Gasteiger partial charge in [0.2, 0.25) is 0 Å². The van der Waals surface area contributed by atoms with Crippen LogP contribution in [-0.2, 0) is 11.8 Å². The fourth-order valence-electron chi connectivity index (χ4n) is 4.83. The normalized spacial score (nSPS) is 21.1. The Bertz CT molecular complexity index is 816.